The minimum atomic E-state index is -3.11. The lowest BCUT2D eigenvalue weighted by Gasteiger charge is -2.16. The molecule has 0 fully saturated rings. The van der Waals surface area contributed by atoms with Crippen LogP contribution in [0.4, 0.5) is 0 Å². The second-order valence-corrected chi connectivity index (χ2v) is 6.25. The molecule has 0 radical (unpaired) electrons. The van der Waals surface area contributed by atoms with Crippen molar-refractivity contribution >= 4 is 22.2 Å². The summed E-state index contributed by atoms with van der Waals surface area (Å²) in [6.07, 6.45) is 0. The van der Waals surface area contributed by atoms with Gasteiger partial charge in [0.15, 0.2) is 0 Å². The molecule has 0 unspecified atom stereocenters. The zero-order chi connectivity index (χ0) is 21.3. The Morgan fingerprint density at radius 1 is 1.14 bits per heavy atom. The number of H-pyrrole nitrogens is 1. The number of benzene rings is 1. The highest BCUT2D eigenvalue weighted by molar-refractivity contribution is 7.59. The third-order valence-corrected chi connectivity index (χ3v) is 4.34. The molecule has 1 aromatic heterocycles. The number of aromatic amines is 1. The molecule has 2 aromatic rings. The van der Waals surface area contributed by atoms with E-state index in [1.165, 1.54) is 0 Å². The van der Waals surface area contributed by atoms with Gasteiger partial charge in [-0.05, 0) is 28.8 Å². The molecule has 28 heavy (non-hydrogen) atoms. The van der Waals surface area contributed by atoms with Gasteiger partial charge in [0, 0.05) is 17.8 Å². The molecule has 5 N–H and O–H groups in total. The van der Waals surface area contributed by atoms with Gasteiger partial charge in [-0.2, -0.15) is 5.26 Å². The van der Waals surface area contributed by atoms with Gasteiger partial charge in [-0.3, -0.25) is 0 Å². The lowest BCUT2D eigenvalue weighted by Crippen LogP contribution is -2.13. The molecule has 2 rings (SSSR count). The summed E-state index contributed by atoms with van der Waals surface area (Å²) >= 11 is 6.37. The summed E-state index contributed by atoms with van der Waals surface area (Å²) in [4.78, 5) is 3.00. The smallest absolute Gasteiger partial charge is 0.392 e. The standard InChI is InChI=1S/C17H20ClN3O3.O3S/c1-2-20-6-15-16(17(18)14(5-19)21-15)11-4-3-10(7-22)12(8-23)13(11)9-24;1-4(2)3/h3-4,20-24H,2,6-9H2,1H3;. The first-order chi connectivity index (χ1) is 13.4. The summed E-state index contributed by atoms with van der Waals surface area (Å²) < 4.78 is 25.3. The van der Waals surface area contributed by atoms with E-state index >= 15 is 0 Å². The Morgan fingerprint density at radius 2 is 1.75 bits per heavy atom. The highest BCUT2D eigenvalue weighted by Gasteiger charge is 2.22. The average molecular weight is 430 g/mol. The van der Waals surface area contributed by atoms with Gasteiger partial charge >= 0.3 is 10.6 Å². The summed E-state index contributed by atoms with van der Waals surface area (Å²) in [6, 6.07) is 5.45. The third kappa shape index (κ3) is 5.62. The van der Waals surface area contributed by atoms with Crippen LogP contribution in [0.2, 0.25) is 5.02 Å². The maximum Gasteiger partial charge on any atom is 0.425 e. The number of aliphatic hydroxyl groups excluding tert-OH is 3. The van der Waals surface area contributed by atoms with Gasteiger partial charge in [0.1, 0.15) is 11.8 Å². The first-order valence-corrected chi connectivity index (χ1v) is 9.48. The Kier molecular flexibility index (Phi) is 9.81. The van der Waals surface area contributed by atoms with E-state index in [0.717, 1.165) is 12.2 Å². The summed E-state index contributed by atoms with van der Waals surface area (Å²) in [6.45, 7) is 2.33. The molecule has 1 heterocycles. The molecule has 0 aliphatic carbocycles. The zero-order valence-corrected chi connectivity index (χ0v) is 16.6. The Hall–Kier alpha value is -2.26. The summed E-state index contributed by atoms with van der Waals surface area (Å²) in [7, 11) is -3.11. The quantitative estimate of drug-likeness (QED) is 0.431. The van der Waals surface area contributed by atoms with Crippen molar-refractivity contribution < 1.29 is 27.9 Å². The van der Waals surface area contributed by atoms with Crippen molar-refractivity contribution in [2.24, 2.45) is 0 Å². The van der Waals surface area contributed by atoms with Gasteiger partial charge in [-0.15, -0.1) is 12.6 Å². The molecule has 0 atom stereocenters. The second-order valence-electron chi connectivity index (χ2n) is 5.47. The van der Waals surface area contributed by atoms with Crippen LogP contribution in [0, 0.1) is 11.3 Å². The Labute approximate surface area is 168 Å². The van der Waals surface area contributed by atoms with Crippen molar-refractivity contribution in [2.75, 3.05) is 6.54 Å². The Balaban J connectivity index is 0.000000892. The van der Waals surface area contributed by atoms with Crippen molar-refractivity contribution in [3.8, 4) is 17.2 Å². The first-order valence-electron chi connectivity index (χ1n) is 8.10. The topological polar surface area (TPSA) is 164 Å². The summed E-state index contributed by atoms with van der Waals surface area (Å²) in [5.74, 6) is 0. The minimum absolute atomic E-state index is 0.238. The maximum atomic E-state index is 9.81. The predicted octanol–water partition coefficient (Wildman–Crippen LogP) is 0.789. The Morgan fingerprint density at radius 3 is 2.21 bits per heavy atom. The van der Waals surface area contributed by atoms with E-state index in [1.54, 1.807) is 12.1 Å². The molecule has 152 valence electrons. The number of aromatic nitrogens is 1. The number of hydrogen-bond acceptors (Lipinski definition) is 8. The van der Waals surface area contributed by atoms with Crippen LogP contribution in [-0.4, -0.2) is 39.5 Å². The lowest BCUT2D eigenvalue weighted by atomic mass is 9.92. The fourth-order valence-corrected chi connectivity index (χ4v) is 3.07. The molecular weight excluding hydrogens is 410 g/mol. The fraction of sp³-hybridized carbons (Fsp3) is 0.353. The van der Waals surface area contributed by atoms with Gasteiger partial charge in [0.05, 0.1) is 24.8 Å². The molecule has 0 saturated heterocycles. The zero-order valence-electron chi connectivity index (χ0n) is 15.0. The van der Waals surface area contributed by atoms with Crippen LogP contribution in [0.15, 0.2) is 12.1 Å². The Bertz CT molecular complexity index is 960. The second kappa shape index (κ2) is 11.6. The number of halogens is 1. The van der Waals surface area contributed by atoms with Crippen molar-refractivity contribution in [2.45, 2.75) is 33.3 Å². The molecular formula is C17H20ClN3O6S. The van der Waals surface area contributed by atoms with E-state index < -0.39 is 10.6 Å². The van der Waals surface area contributed by atoms with Gasteiger partial charge < -0.3 is 25.6 Å². The normalized spacial score (nSPS) is 10.1. The van der Waals surface area contributed by atoms with Crippen molar-refractivity contribution in [1.29, 1.82) is 5.26 Å². The molecule has 0 aliphatic heterocycles. The van der Waals surface area contributed by atoms with Gasteiger partial charge in [-0.25, -0.2) is 0 Å². The van der Waals surface area contributed by atoms with E-state index in [-0.39, 0.29) is 30.5 Å². The van der Waals surface area contributed by atoms with Gasteiger partial charge in [0.25, 0.3) is 0 Å². The van der Waals surface area contributed by atoms with E-state index in [2.05, 4.69) is 10.3 Å². The van der Waals surface area contributed by atoms with Crippen LogP contribution in [0.25, 0.3) is 11.1 Å². The van der Waals surface area contributed by atoms with Crippen LogP contribution in [0.3, 0.4) is 0 Å². The van der Waals surface area contributed by atoms with E-state index in [1.807, 2.05) is 13.0 Å². The van der Waals surface area contributed by atoms with Crippen LogP contribution < -0.4 is 5.32 Å². The van der Waals surface area contributed by atoms with Gasteiger partial charge in [0.2, 0.25) is 0 Å². The molecule has 0 bridgehead atoms. The fourth-order valence-electron chi connectivity index (χ4n) is 2.77. The van der Waals surface area contributed by atoms with Crippen molar-refractivity contribution in [3.05, 3.63) is 45.2 Å². The average Bonchev–Trinajstić information content (AvgIpc) is 2.99. The monoisotopic (exact) mass is 429 g/mol. The number of rotatable bonds is 7. The highest BCUT2D eigenvalue weighted by Crippen LogP contribution is 2.38. The third-order valence-electron chi connectivity index (χ3n) is 3.96. The SMILES string of the molecule is CCNCc1[nH]c(C#N)c(Cl)c1-c1ccc(CO)c(CO)c1CO.O=S(=O)=O. The predicted molar refractivity (Wildman–Crippen MR) is 101 cm³/mol. The molecule has 0 aliphatic rings. The minimum Gasteiger partial charge on any atom is -0.392 e. The van der Waals surface area contributed by atoms with E-state index in [4.69, 9.17) is 24.2 Å². The molecule has 0 saturated carbocycles. The highest BCUT2D eigenvalue weighted by atomic mass is 35.5. The first kappa shape index (κ1) is 23.8. The van der Waals surface area contributed by atoms with Crippen LogP contribution >= 0.6 is 11.6 Å². The van der Waals surface area contributed by atoms with E-state index in [9.17, 15) is 20.6 Å². The van der Waals surface area contributed by atoms with E-state index in [0.29, 0.717) is 34.4 Å². The molecule has 0 spiro atoms. The number of nitriles is 1. The van der Waals surface area contributed by atoms with Crippen molar-refractivity contribution in [1.82, 2.24) is 10.3 Å². The lowest BCUT2D eigenvalue weighted by molar-refractivity contribution is 0.248. The maximum absolute atomic E-state index is 9.81. The molecule has 0 amide bonds. The molecule has 1 aromatic carbocycles. The summed E-state index contributed by atoms with van der Waals surface area (Å²) in [5.41, 5.74) is 3.75. The van der Waals surface area contributed by atoms with Crippen LogP contribution in [0.1, 0.15) is 35.0 Å². The summed E-state index contributed by atoms with van der Waals surface area (Å²) in [5, 5.41) is 41.5. The molecule has 9 nitrogen and oxygen atoms in total. The van der Waals surface area contributed by atoms with Crippen LogP contribution in [-0.2, 0) is 37.0 Å². The largest absolute Gasteiger partial charge is 0.425 e. The van der Waals surface area contributed by atoms with Crippen molar-refractivity contribution in [3.63, 3.8) is 0 Å². The number of nitrogens with one attached hydrogen (secondary N) is 2. The molecule has 11 heteroatoms. The number of aliphatic hydroxyl groups is 3. The number of nitrogens with zero attached hydrogens (tertiary/aromatic N) is 1. The number of hydrogen-bond donors (Lipinski definition) is 5. The van der Waals surface area contributed by atoms with Crippen LogP contribution in [0.5, 0.6) is 0 Å². The van der Waals surface area contributed by atoms with Gasteiger partial charge in [-0.1, -0.05) is 30.7 Å².